The van der Waals surface area contributed by atoms with Gasteiger partial charge in [-0.3, -0.25) is 10.2 Å². The summed E-state index contributed by atoms with van der Waals surface area (Å²) in [6.45, 7) is -0.626. The largest absolute Gasteiger partial charge is 0.462 e. The summed E-state index contributed by atoms with van der Waals surface area (Å²) in [6.07, 6.45) is -7.52. The highest BCUT2D eigenvalue weighted by atomic mass is 16.7. The van der Waals surface area contributed by atoms with Crippen LogP contribution < -0.4 is 25.8 Å². The molecule has 0 aromatic heterocycles. The van der Waals surface area contributed by atoms with Crippen LogP contribution in [0.5, 0.6) is 17.2 Å². The van der Waals surface area contributed by atoms with Gasteiger partial charge < -0.3 is 51.0 Å². The zero-order chi connectivity index (χ0) is 31.9. The van der Waals surface area contributed by atoms with E-state index in [-0.39, 0.29) is 11.6 Å². The Balaban J connectivity index is 1.45. The molecule has 0 aliphatic carbocycles. The molecule has 12 nitrogen and oxygen atoms in total. The van der Waals surface area contributed by atoms with Gasteiger partial charge in [0.1, 0.15) is 53.5 Å². The summed E-state index contributed by atoms with van der Waals surface area (Å²) in [5, 5.41) is 54.5. The molecule has 12 heteroatoms. The minimum atomic E-state index is -1.66. The van der Waals surface area contributed by atoms with Crippen LogP contribution in [0.2, 0.25) is 0 Å². The van der Waals surface area contributed by atoms with Crippen LogP contribution in [0.15, 0.2) is 103 Å². The lowest BCUT2D eigenvalue weighted by Gasteiger charge is -2.39. The van der Waals surface area contributed by atoms with E-state index in [1.807, 2.05) is 30.3 Å². The topological polar surface area (TPSA) is 200 Å². The first-order valence-electron chi connectivity index (χ1n) is 14.1. The summed E-state index contributed by atoms with van der Waals surface area (Å²) in [5.41, 5.74) is 7.39. The molecule has 0 spiro atoms. The van der Waals surface area contributed by atoms with E-state index in [2.05, 4.69) is 10.6 Å². The number of benzene rings is 4. The molecule has 4 aromatic rings. The summed E-state index contributed by atoms with van der Waals surface area (Å²) in [5.74, 6) is 0.610. The molecule has 5 rings (SSSR count). The molecule has 0 radical (unpaired) electrons. The van der Waals surface area contributed by atoms with Crippen molar-refractivity contribution in [3.8, 4) is 17.2 Å². The molecule has 6 unspecified atom stereocenters. The molecule has 9 N–H and O–H groups in total. The molecule has 45 heavy (non-hydrogen) atoms. The van der Waals surface area contributed by atoms with E-state index in [0.717, 1.165) is 0 Å². The van der Waals surface area contributed by atoms with Crippen LogP contribution in [0.3, 0.4) is 0 Å². The fraction of sp³-hybridized carbons (Fsp3) is 0.212. The SMILES string of the molecule is N=C(N)c1cccc(NC(C(=O)Nc2cccc(Oc3ccccc3)c2)c2ccccc2OC2OC(CO)C(O)C(O)C2O)c1. The van der Waals surface area contributed by atoms with Crippen LogP contribution in [0.4, 0.5) is 11.4 Å². The third kappa shape index (κ3) is 7.58. The van der Waals surface area contributed by atoms with Crippen molar-refractivity contribution in [3.05, 3.63) is 114 Å². The first-order chi connectivity index (χ1) is 21.7. The minimum absolute atomic E-state index is 0.123. The molecule has 0 saturated carbocycles. The number of para-hydroxylation sites is 2. The Kier molecular flexibility index (Phi) is 9.92. The smallest absolute Gasteiger partial charge is 0.251 e. The van der Waals surface area contributed by atoms with E-state index in [9.17, 15) is 25.2 Å². The van der Waals surface area contributed by atoms with Crippen LogP contribution in [-0.4, -0.2) is 69.5 Å². The average Bonchev–Trinajstić information content (AvgIpc) is 3.05. The number of ether oxygens (including phenoxy) is 3. The Morgan fingerprint density at radius 2 is 1.53 bits per heavy atom. The van der Waals surface area contributed by atoms with Gasteiger partial charge in [0.05, 0.1) is 6.61 Å². The molecule has 0 bridgehead atoms. The maximum Gasteiger partial charge on any atom is 0.251 e. The lowest BCUT2D eigenvalue weighted by molar-refractivity contribution is -0.277. The molecule has 4 aromatic carbocycles. The fourth-order valence-corrected chi connectivity index (χ4v) is 4.82. The number of amides is 1. The van der Waals surface area contributed by atoms with Crippen LogP contribution in [0, 0.1) is 5.41 Å². The lowest BCUT2D eigenvalue weighted by Crippen LogP contribution is -2.60. The van der Waals surface area contributed by atoms with Crippen molar-refractivity contribution in [1.29, 1.82) is 5.41 Å². The molecule has 1 aliphatic heterocycles. The maximum atomic E-state index is 14.0. The van der Waals surface area contributed by atoms with Crippen molar-refractivity contribution in [1.82, 2.24) is 0 Å². The monoisotopic (exact) mass is 614 g/mol. The zero-order valence-electron chi connectivity index (χ0n) is 24.0. The molecule has 1 saturated heterocycles. The summed E-state index contributed by atoms with van der Waals surface area (Å²) in [7, 11) is 0. The molecule has 6 atom stereocenters. The molecular formula is C33H34N4O8. The second-order valence-corrected chi connectivity index (χ2v) is 10.4. The van der Waals surface area contributed by atoms with E-state index in [0.29, 0.717) is 34.0 Å². The number of nitrogen functional groups attached to an aromatic ring is 1. The third-order valence-corrected chi connectivity index (χ3v) is 7.15. The summed E-state index contributed by atoms with van der Waals surface area (Å²) in [4.78, 5) is 14.0. The van der Waals surface area contributed by atoms with E-state index in [1.165, 1.54) is 0 Å². The maximum absolute atomic E-state index is 14.0. The second-order valence-electron chi connectivity index (χ2n) is 10.4. The first-order valence-corrected chi connectivity index (χ1v) is 14.1. The van der Waals surface area contributed by atoms with Crippen LogP contribution in [0.1, 0.15) is 17.2 Å². The third-order valence-electron chi connectivity index (χ3n) is 7.15. The quantitative estimate of drug-likeness (QED) is 0.0918. The second kappa shape index (κ2) is 14.2. The molecule has 1 amide bonds. The van der Waals surface area contributed by atoms with Crippen molar-refractivity contribution in [2.24, 2.45) is 5.73 Å². The first kappa shape index (κ1) is 31.4. The Morgan fingerprint density at radius 1 is 0.844 bits per heavy atom. The number of carbonyl (C=O) groups is 1. The Bertz CT molecular complexity index is 1620. The van der Waals surface area contributed by atoms with Crippen molar-refractivity contribution in [2.75, 3.05) is 17.2 Å². The van der Waals surface area contributed by atoms with Crippen molar-refractivity contribution in [2.45, 2.75) is 36.7 Å². The van der Waals surface area contributed by atoms with E-state index >= 15 is 0 Å². The van der Waals surface area contributed by atoms with E-state index < -0.39 is 49.3 Å². The van der Waals surface area contributed by atoms with Crippen LogP contribution in [0.25, 0.3) is 0 Å². The zero-order valence-corrected chi connectivity index (χ0v) is 24.0. The number of anilines is 2. The molecule has 1 heterocycles. The molecule has 234 valence electrons. The molecule has 1 fully saturated rings. The highest BCUT2D eigenvalue weighted by Crippen LogP contribution is 2.33. The summed E-state index contributed by atoms with van der Waals surface area (Å²) < 4.78 is 17.4. The Morgan fingerprint density at radius 3 is 2.29 bits per heavy atom. The fourth-order valence-electron chi connectivity index (χ4n) is 4.82. The number of carbonyl (C=O) groups excluding carboxylic acids is 1. The van der Waals surface area contributed by atoms with Crippen LogP contribution >= 0.6 is 0 Å². The van der Waals surface area contributed by atoms with Gasteiger partial charge in [-0.1, -0.05) is 54.6 Å². The van der Waals surface area contributed by atoms with Gasteiger partial charge in [0.2, 0.25) is 6.29 Å². The Hall–Kier alpha value is -4.98. The number of rotatable bonds is 11. The predicted molar refractivity (Wildman–Crippen MR) is 166 cm³/mol. The van der Waals surface area contributed by atoms with Crippen molar-refractivity contribution in [3.63, 3.8) is 0 Å². The van der Waals surface area contributed by atoms with Gasteiger partial charge in [0.15, 0.2) is 0 Å². The number of hydrogen-bond donors (Lipinski definition) is 8. The standard InChI is InChI=1S/C33H34N4O8/c34-31(35)19-8-6-9-20(16-19)36-27(32(42)37-21-10-7-13-23(17-21)43-22-11-2-1-3-12-22)24-14-4-5-15-25(24)44-33-30(41)29(40)28(39)26(18-38)45-33/h1-17,26-30,33,36,38-41H,18H2,(H3,34,35)(H,37,42). The normalized spacial score (nSPS) is 21.7. The molecular weight excluding hydrogens is 580 g/mol. The lowest BCUT2D eigenvalue weighted by atomic mass is 9.99. The van der Waals surface area contributed by atoms with Gasteiger partial charge in [-0.25, -0.2) is 0 Å². The van der Waals surface area contributed by atoms with Crippen LogP contribution in [-0.2, 0) is 9.53 Å². The van der Waals surface area contributed by atoms with Gasteiger partial charge >= 0.3 is 0 Å². The number of amidine groups is 1. The number of aliphatic hydroxyl groups is 4. The summed E-state index contributed by atoms with van der Waals surface area (Å²) >= 11 is 0. The van der Waals surface area contributed by atoms with Crippen molar-refractivity contribution >= 4 is 23.1 Å². The van der Waals surface area contributed by atoms with E-state index in [1.54, 1.807) is 72.8 Å². The Labute approximate surface area is 259 Å². The summed E-state index contributed by atoms with van der Waals surface area (Å²) in [6, 6.07) is 28.2. The number of nitrogens with two attached hydrogens (primary N) is 1. The average molecular weight is 615 g/mol. The number of aliphatic hydroxyl groups excluding tert-OH is 4. The van der Waals surface area contributed by atoms with Gasteiger partial charge in [0, 0.05) is 28.6 Å². The van der Waals surface area contributed by atoms with Gasteiger partial charge in [-0.15, -0.1) is 0 Å². The van der Waals surface area contributed by atoms with Gasteiger partial charge in [0.25, 0.3) is 5.91 Å². The van der Waals surface area contributed by atoms with Gasteiger partial charge in [-0.2, -0.15) is 0 Å². The van der Waals surface area contributed by atoms with Gasteiger partial charge in [-0.05, 0) is 42.5 Å². The van der Waals surface area contributed by atoms with Crippen molar-refractivity contribution < 1.29 is 39.4 Å². The number of hydrogen-bond acceptors (Lipinski definition) is 10. The highest BCUT2D eigenvalue weighted by molar-refractivity contribution is 5.99. The number of nitrogens with one attached hydrogen (secondary N) is 3. The molecule has 1 aliphatic rings. The predicted octanol–water partition coefficient (Wildman–Crippen LogP) is 2.73. The highest BCUT2D eigenvalue weighted by Gasteiger charge is 2.45. The van der Waals surface area contributed by atoms with E-state index in [4.69, 9.17) is 25.4 Å². The minimum Gasteiger partial charge on any atom is -0.462 e.